The standard InChI is InChI=1S/C21H26N4O2/c22-13-17-14-25(15-19(17)16-5-2-1-3-6-16)21(26)18-7-4-8-23-20(18)24-9-11-27-12-10-24/h1-8,17,19H,9-15,22H2/t17-,19+/m1/s1. The second-order valence-corrected chi connectivity index (χ2v) is 7.20. The van der Waals surface area contributed by atoms with E-state index in [1.165, 1.54) is 5.56 Å². The third kappa shape index (κ3) is 3.68. The summed E-state index contributed by atoms with van der Waals surface area (Å²) in [6, 6.07) is 14.1. The van der Waals surface area contributed by atoms with Gasteiger partial charge < -0.3 is 20.3 Å². The minimum atomic E-state index is 0.0430. The molecule has 1 amide bonds. The molecule has 6 heteroatoms. The largest absolute Gasteiger partial charge is 0.378 e. The van der Waals surface area contributed by atoms with Gasteiger partial charge in [-0.3, -0.25) is 4.79 Å². The van der Waals surface area contributed by atoms with Crippen LogP contribution < -0.4 is 10.6 Å². The zero-order valence-corrected chi connectivity index (χ0v) is 15.5. The lowest BCUT2D eigenvalue weighted by Gasteiger charge is -2.30. The predicted octanol–water partition coefficient (Wildman–Crippen LogP) is 1.73. The van der Waals surface area contributed by atoms with Gasteiger partial charge >= 0.3 is 0 Å². The third-order valence-electron chi connectivity index (χ3n) is 5.59. The van der Waals surface area contributed by atoms with Gasteiger partial charge in [0, 0.05) is 38.3 Å². The Kier molecular flexibility index (Phi) is 5.36. The summed E-state index contributed by atoms with van der Waals surface area (Å²) in [5, 5.41) is 0. The van der Waals surface area contributed by atoms with E-state index >= 15 is 0 Å². The van der Waals surface area contributed by atoms with Crippen LogP contribution in [0.1, 0.15) is 21.8 Å². The minimum Gasteiger partial charge on any atom is -0.378 e. The van der Waals surface area contributed by atoms with E-state index in [-0.39, 0.29) is 17.7 Å². The summed E-state index contributed by atoms with van der Waals surface area (Å²) in [6.07, 6.45) is 1.75. The number of carbonyl (C=O) groups is 1. The van der Waals surface area contributed by atoms with Crippen molar-refractivity contribution in [2.75, 3.05) is 50.8 Å². The molecule has 0 radical (unpaired) electrons. The molecule has 27 heavy (non-hydrogen) atoms. The highest BCUT2D eigenvalue weighted by Gasteiger charge is 2.36. The molecule has 2 aliphatic rings. The van der Waals surface area contributed by atoms with Crippen LogP contribution in [0, 0.1) is 5.92 Å². The fourth-order valence-corrected chi connectivity index (χ4v) is 4.12. The molecule has 1 aromatic heterocycles. The molecule has 0 aliphatic carbocycles. The van der Waals surface area contributed by atoms with Gasteiger partial charge in [-0.2, -0.15) is 0 Å². The predicted molar refractivity (Wildman–Crippen MR) is 105 cm³/mol. The number of hydrogen-bond acceptors (Lipinski definition) is 5. The number of rotatable bonds is 4. The summed E-state index contributed by atoms with van der Waals surface area (Å²) < 4.78 is 5.43. The summed E-state index contributed by atoms with van der Waals surface area (Å²) in [5.41, 5.74) is 7.96. The lowest BCUT2D eigenvalue weighted by molar-refractivity contribution is 0.0785. The van der Waals surface area contributed by atoms with Crippen LogP contribution >= 0.6 is 0 Å². The van der Waals surface area contributed by atoms with Crippen molar-refractivity contribution < 1.29 is 9.53 Å². The van der Waals surface area contributed by atoms with Gasteiger partial charge in [-0.25, -0.2) is 4.98 Å². The molecule has 2 aromatic rings. The first-order valence-corrected chi connectivity index (χ1v) is 9.60. The molecule has 2 aliphatic heterocycles. The number of aromatic nitrogens is 1. The van der Waals surface area contributed by atoms with Gasteiger partial charge in [0.15, 0.2) is 0 Å². The fourth-order valence-electron chi connectivity index (χ4n) is 4.12. The third-order valence-corrected chi connectivity index (χ3v) is 5.59. The first kappa shape index (κ1) is 17.9. The summed E-state index contributed by atoms with van der Waals surface area (Å²) >= 11 is 0. The van der Waals surface area contributed by atoms with Gasteiger partial charge in [-0.15, -0.1) is 0 Å². The fraction of sp³-hybridized carbons (Fsp3) is 0.429. The smallest absolute Gasteiger partial charge is 0.257 e. The quantitative estimate of drug-likeness (QED) is 0.892. The topological polar surface area (TPSA) is 71.7 Å². The van der Waals surface area contributed by atoms with Crippen LogP contribution in [0.5, 0.6) is 0 Å². The zero-order valence-electron chi connectivity index (χ0n) is 15.5. The normalized spacial score (nSPS) is 22.9. The van der Waals surface area contributed by atoms with Crippen LogP contribution in [-0.2, 0) is 4.74 Å². The molecule has 0 unspecified atom stereocenters. The summed E-state index contributed by atoms with van der Waals surface area (Å²) in [4.78, 5) is 21.9. The Labute approximate surface area is 159 Å². The van der Waals surface area contributed by atoms with E-state index < -0.39 is 0 Å². The zero-order chi connectivity index (χ0) is 18.6. The van der Waals surface area contributed by atoms with Crippen molar-refractivity contribution in [3.05, 3.63) is 59.8 Å². The van der Waals surface area contributed by atoms with Crippen molar-refractivity contribution in [3.63, 3.8) is 0 Å². The van der Waals surface area contributed by atoms with Crippen molar-refractivity contribution in [2.24, 2.45) is 11.7 Å². The van der Waals surface area contributed by atoms with E-state index in [2.05, 4.69) is 22.0 Å². The molecule has 3 heterocycles. The molecule has 0 bridgehead atoms. The van der Waals surface area contributed by atoms with E-state index in [1.54, 1.807) is 6.20 Å². The van der Waals surface area contributed by atoms with Crippen molar-refractivity contribution in [1.29, 1.82) is 0 Å². The molecule has 0 saturated carbocycles. The highest BCUT2D eigenvalue weighted by atomic mass is 16.5. The van der Waals surface area contributed by atoms with E-state index in [1.807, 2.05) is 35.2 Å². The van der Waals surface area contributed by atoms with Gasteiger partial charge in [0.2, 0.25) is 0 Å². The SMILES string of the molecule is NC[C@@H]1CN(C(=O)c2cccnc2N2CCOCC2)C[C@H]1c1ccccc1. The number of likely N-dealkylation sites (tertiary alicyclic amines) is 1. The second kappa shape index (κ2) is 8.06. The Hall–Kier alpha value is -2.44. The highest BCUT2D eigenvalue weighted by Crippen LogP contribution is 2.33. The average Bonchev–Trinajstić information content (AvgIpc) is 3.19. The molecule has 4 rings (SSSR count). The van der Waals surface area contributed by atoms with Crippen molar-refractivity contribution >= 4 is 11.7 Å². The van der Waals surface area contributed by atoms with Crippen molar-refractivity contribution in [1.82, 2.24) is 9.88 Å². The number of carbonyl (C=O) groups excluding carboxylic acids is 1. The van der Waals surface area contributed by atoms with Crippen LogP contribution in [0.2, 0.25) is 0 Å². The maximum atomic E-state index is 13.3. The maximum Gasteiger partial charge on any atom is 0.257 e. The Morgan fingerprint density at radius 3 is 2.63 bits per heavy atom. The molecule has 2 atom stereocenters. The second-order valence-electron chi connectivity index (χ2n) is 7.20. The number of nitrogens with zero attached hydrogens (tertiary/aromatic N) is 3. The molecule has 2 fully saturated rings. The Morgan fingerprint density at radius 2 is 1.89 bits per heavy atom. The molecule has 2 N–H and O–H groups in total. The Morgan fingerprint density at radius 1 is 1.11 bits per heavy atom. The van der Waals surface area contributed by atoms with Gasteiger partial charge in [0.25, 0.3) is 5.91 Å². The monoisotopic (exact) mass is 366 g/mol. The van der Waals surface area contributed by atoms with E-state index in [4.69, 9.17) is 10.5 Å². The van der Waals surface area contributed by atoms with Crippen molar-refractivity contribution in [3.8, 4) is 0 Å². The van der Waals surface area contributed by atoms with Gasteiger partial charge in [0.1, 0.15) is 5.82 Å². The number of pyridine rings is 1. The number of morpholine rings is 1. The molecule has 0 spiro atoms. The van der Waals surface area contributed by atoms with Crippen LogP contribution in [0.3, 0.4) is 0 Å². The van der Waals surface area contributed by atoms with E-state index in [9.17, 15) is 4.79 Å². The van der Waals surface area contributed by atoms with Gasteiger partial charge in [-0.1, -0.05) is 30.3 Å². The first-order chi connectivity index (χ1) is 13.3. The minimum absolute atomic E-state index is 0.0430. The maximum absolute atomic E-state index is 13.3. The molecule has 142 valence electrons. The van der Waals surface area contributed by atoms with Crippen molar-refractivity contribution in [2.45, 2.75) is 5.92 Å². The number of nitrogens with two attached hydrogens (primary N) is 1. The summed E-state index contributed by atoms with van der Waals surface area (Å²) in [7, 11) is 0. The number of hydrogen-bond donors (Lipinski definition) is 1. The first-order valence-electron chi connectivity index (χ1n) is 9.60. The Balaban J connectivity index is 1.57. The molecular formula is C21H26N4O2. The molecule has 6 nitrogen and oxygen atoms in total. The van der Waals surface area contributed by atoms with E-state index in [0.29, 0.717) is 38.4 Å². The average molecular weight is 366 g/mol. The van der Waals surface area contributed by atoms with Crippen LogP contribution in [-0.4, -0.2) is 61.7 Å². The lowest BCUT2D eigenvalue weighted by atomic mass is 9.89. The Bertz CT molecular complexity index is 777. The van der Waals surface area contributed by atoms with Gasteiger partial charge in [0.05, 0.1) is 18.8 Å². The van der Waals surface area contributed by atoms with E-state index in [0.717, 1.165) is 18.9 Å². The summed E-state index contributed by atoms with van der Waals surface area (Å²) in [6.45, 7) is 4.81. The summed E-state index contributed by atoms with van der Waals surface area (Å²) in [5.74, 6) is 1.36. The van der Waals surface area contributed by atoms with Gasteiger partial charge in [-0.05, 0) is 30.2 Å². The molecular weight excluding hydrogens is 340 g/mol. The number of anilines is 1. The highest BCUT2D eigenvalue weighted by molar-refractivity contribution is 5.99. The molecule has 1 aromatic carbocycles. The number of ether oxygens (including phenoxy) is 1. The van der Waals surface area contributed by atoms with Crippen LogP contribution in [0.4, 0.5) is 5.82 Å². The number of benzene rings is 1. The van der Waals surface area contributed by atoms with Crippen LogP contribution in [0.15, 0.2) is 48.7 Å². The lowest BCUT2D eigenvalue weighted by Crippen LogP contribution is -2.39. The van der Waals surface area contributed by atoms with Crippen LogP contribution in [0.25, 0.3) is 0 Å². The number of amides is 1. The molecule has 2 saturated heterocycles.